The molecule has 0 atom stereocenters. The van der Waals surface area contributed by atoms with Crippen molar-refractivity contribution >= 4 is 32.6 Å². The Labute approximate surface area is 225 Å². The van der Waals surface area contributed by atoms with Crippen LogP contribution >= 0.6 is 0 Å². The molecule has 0 fully saturated rings. The van der Waals surface area contributed by atoms with Gasteiger partial charge in [-0.2, -0.15) is 0 Å². The van der Waals surface area contributed by atoms with E-state index in [0.29, 0.717) is 17.2 Å². The Hall–Kier alpha value is -4.91. The molecular formula is C27H20F3N5O4S. The van der Waals surface area contributed by atoms with Crippen LogP contribution in [0.2, 0.25) is 0 Å². The van der Waals surface area contributed by atoms with Crippen molar-refractivity contribution in [2.45, 2.75) is 11.8 Å². The minimum Gasteiger partial charge on any atom is -0.480 e. The van der Waals surface area contributed by atoms with E-state index in [1.54, 1.807) is 19.1 Å². The Morgan fingerprint density at radius 1 is 0.950 bits per heavy atom. The van der Waals surface area contributed by atoms with E-state index >= 15 is 0 Å². The van der Waals surface area contributed by atoms with E-state index in [1.165, 1.54) is 43.6 Å². The minimum absolute atomic E-state index is 0.0773. The van der Waals surface area contributed by atoms with E-state index in [2.05, 4.69) is 14.7 Å². The number of halogens is 3. The van der Waals surface area contributed by atoms with Crippen LogP contribution < -0.4 is 20.8 Å². The van der Waals surface area contributed by atoms with Crippen LogP contribution in [0, 0.1) is 24.4 Å². The molecule has 3 aromatic carbocycles. The van der Waals surface area contributed by atoms with E-state index in [0.717, 1.165) is 16.7 Å². The molecule has 2 aromatic heterocycles. The molecule has 2 heterocycles. The number of fused-ring (bicyclic) bond motifs is 1. The first-order valence-electron chi connectivity index (χ1n) is 11.6. The number of ether oxygens (including phenoxy) is 1. The molecule has 0 aliphatic rings. The Morgan fingerprint density at radius 3 is 2.42 bits per heavy atom. The van der Waals surface area contributed by atoms with Gasteiger partial charge >= 0.3 is 0 Å². The monoisotopic (exact) mass is 567 g/mol. The van der Waals surface area contributed by atoms with Crippen LogP contribution in [0.5, 0.6) is 5.88 Å². The molecule has 9 nitrogen and oxygen atoms in total. The number of hydrogen-bond donors (Lipinski definition) is 2. The lowest BCUT2D eigenvalue weighted by Gasteiger charge is -2.14. The zero-order valence-electron chi connectivity index (χ0n) is 20.9. The van der Waals surface area contributed by atoms with Crippen LogP contribution in [-0.2, 0) is 10.0 Å². The largest absolute Gasteiger partial charge is 0.480 e. The summed E-state index contributed by atoms with van der Waals surface area (Å²) in [6.07, 6.45) is 1.32. The summed E-state index contributed by atoms with van der Waals surface area (Å²) in [5, 5.41) is 0.0819. The van der Waals surface area contributed by atoms with Gasteiger partial charge in [0.2, 0.25) is 11.8 Å². The molecule has 0 radical (unpaired) electrons. The predicted octanol–water partition coefficient (Wildman–Crippen LogP) is 4.57. The summed E-state index contributed by atoms with van der Waals surface area (Å²) in [7, 11) is -3.26. The number of pyridine rings is 1. The Morgan fingerprint density at radius 2 is 1.73 bits per heavy atom. The number of rotatable bonds is 6. The average molecular weight is 568 g/mol. The second-order valence-electron chi connectivity index (χ2n) is 8.76. The van der Waals surface area contributed by atoms with Crippen molar-refractivity contribution in [2.75, 3.05) is 17.6 Å². The summed E-state index contributed by atoms with van der Waals surface area (Å²) in [5.74, 6) is -3.16. The predicted molar refractivity (Wildman–Crippen MR) is 143 cm³/mol. The molecule has 0 amide bonds. The average Bonchev–Trinajstić information content (AvgIpc) is 2.91. The third-order valence-corrected chi connectivity index (χ3v) is 7.41. The Kier molecular flexibility index (Phi) is 6.67. The molecule has 13 heteroatoms. The molecule has 204 valence electrons. The number of hydrogen-bond acceptors (Lipinski definition) is 7. The van der Waals surface area contributed by atoms with E-state index in [-0.39, 0.29) is 34.0 Å². The van der Waals surface area contributed by atoms with Crippen LogP contribution in [-0.4, -0.2) is 30.1 Å². The van der Waals surface area contributed by atoms with Gasteiger partial charge in [-0.3, -0.25) is 9.52 Å². The van der Waals surface area contributed by atoms with Crippen molar-refractivity contribution in [3.8, 4) is 22.7 Å². The van der Waals surface area contributed by atoms with E-state index in [1.807, 2.05) is 0 Å². The van der Waals surface area contributed by atoms with Crippen LogP contribution in [0.1, 0.15) is 5.56 Å². The van der Waals surface area contributed by atoms with Gasteiger partial charge in [0, 0.05) is 17.8 Å². The summed E-state index contributed by atoms with van der Waals surface area (Å²) >= 11 is 0. The number of aromatic nitrogens is 3. The normalized spacial score (nSPS) is 11.5. The lowest BCUT2D eigenvalue weighted by molar-refractivity contribution is 0.385. The molecule has 0 aliphatic heterocycles. The number of sulfonamides is 1. The summed E-state index contributed by atoms with van der Waals surface area (Å²) < 4.78 is 76.6. The maximum atomic E-state index is 14.7. The van der Waals surface area contributed by atoms with E-state index in [4.69, 9.17) is 10.5 Å². The molecular weight excluding hydrogens is 547 g/mol. The molecule has 0 aliphatic carbocycles. The molecule has 5 rings (SSSR count). The van der Waals surface area contributed by atoms with Crippen molar-refractivity contribution in [1.82, 2.24) is 14.5 Å². The van der Waals surface area contributed by atoms with Crippen LogP contribution in [0.15, 0.2) is 76.6 Å². The van der Waals surface area contributed by atoms with Gasteiger partial charge in [0.25, 0.3) is 15.6 Å². The number of nitrogen functional groups attached to an aromatic ring is 1. The van der Waals surface area contributed by atoms with Crippen molar-refractivity contribution < 1.29 is 26.3 Å². The fourth-order valence-electron chi connectivity index (χ4n) is 4.12. The second-order valence-corrected chi connectivity index (χ2v) is 10.4. The number of methoxy groups -OCH3 is 1. The summed E-state index contributed by atoms with van der Waals surface area (Å²) in [6.45, 7) is 1.70. The lowest BCUT2D eigenvalue weighted by Crippen LogP contribution is -2.24. The molecule has 0 saturated heterocycles. The number of aryl methyl sites for hydroxylation is 1. The number of benzene rings is 3. The van der Waals surface area contributed by atoms with Gasteiger partial charge in [0.05, 0.1) is 29.4 Å². The highest BCUT2D eigenvalue weighted by molar-refractivity contribution is 7.92. The number of anilines is 2. The fraction of sp³-hybridized carbons (Fsp3) is 0.0741. The molecule has 0 saturated carbocycles. The van der Waals surface area contributed by atoms with E-state index < -0.39 is 43.6 Å². The molecule has 0 unspecified atom stereocenters. The Balaban J connectivity index is 1.62. The van der Waals surface area contributed by atoms with Crippen molar-refractivity contribution in [2.24, 2.45) is 0 Å². The van der Waals surface area contributed by atoms with Crippen LogP contribution in [0.3, 0.4) is 0 Å². The lowest BCUT2D eigenvalue weighted by atomic mass is 10.1. The summed E-state index contributed by atoms with van der Waals surface area (Å²) in [5.41, 5.74) is 6.31. The molecule has 3 N–H and O–H groups in total. The standard InChI is InChI=1S/C27H20F3N5O4S/c1-14-3-8-23(20(30)9-14)35-26(36)18-10-15(4-6-21(18)33-27(35)31)16-11-24(25(39-2)32-13-16)40(37,38)34-22-7-5-17(28)12-19(22)29/h3-13,34H,1-2H3,(H2,31,33). The molecule has 5 aromatic rings. The van der Waals surface area contributed by atoms with E-state index in [9.17, 15) is 26.4 Å². The smallest absolute Gasteiger partial charge is 0.267 e. The van der Waals surface area contributed by atoms with Crippen LogP contribution in [0.4, 0.5) is 24.8 Å². The fourth-order valence-corrected chi connectivity index (χ4v) is 5.33. The number of nitrogens with zero attached hydrogens (tertiary/aromatic N) is 3. The Bertz CT molecular complexity index is 1980. The maximum Gasteiger partial charge on any atom is 0.267 e. The van der Waals surface area contributed by atoms with Crippen LogP contribution in [0.25, 0.3) is 27.7 Å². The summed E-state index contributed by atoms with van der Waals surface area (Å²) in [4.78, 5) is 21.3. The molecule has 0 bridgehead atoms. The third kappa shape index (κ3) is 4.82. The number of nitrogens with two attached hydrogens (primary N) is 1. The first-order chi connectivity index (χ1) is 19.0. The van der Waals surface area contributed by atoms with Gasteiger partial charge in [-0.05, 0) is 60.5 Å². The highest BCUT2D eigenvalue weighted by Gasteiger charge is 2.24. The van der Waals surface area contributed by atoms with Crippen molar-refractivity contribution in [3.63, 3.8) is 0 Å². The van der Waals surface area contributed by atoms with Gasteiger partial charge in [-0.15, -0.1) is 0 Å². The molecule has 0 spiro atoms. The minimum atomic E-state index is -4.47. The SMILES string of the molecule is COc1ncc(-c2ccc3nc(N)n(-c4ccc(C)cc4F)c(=O)c3c2)cc1S(=O)(=O)Nc1ccc(F)cc1F. The quantitative estimate of drug-likeness (QED) is 0.308. The molecule has 40 heavy (non-hydrogen) atoms. The van der Waals surface area contributed by atoms with Gasteiger partial charge in [-0.25, -0.2) is 36.1 Å². The zero-order valence-corrected chi connectivity index (χ0v) is 21.8. The number of nitrogens with one attached hydrogen (secondary N) is 1. The highest BCUT2D eigenvalue weighted by Crippen LogP contribution is 2.31. The summed E-state index contributed by atoms with van der Waals surface area (Å²) in [6, 6.07) is 12.4. The van der Waals surface area contributed by atoms with Gasteiger partial charge in [-0.1, -0.05) is 12.1 Å². The van der Waals surface area contributed by atoms with Gasteiger partial charge < -0.3 is 10.5 Å². The zero-order chi connectivity index (χ0) is 28.8. The van der Waals surface area contributed by atoms with Gasteiger partial charge in [0.1, 0.15) is 22.3 Å². The van der Waals surface area contributed by atoms with Crippen molar-refractivity contribution in [1.29, 1.82) is 0 Å². The topological polar surface area (TPSA) is 129 Å². The van der Waals surface area contributed by atoms with Crippen molar-refractivity contribution in [3.05, 3.63) is 100 Å². The third-order valence-electron chi connectivity index (χ3n) is 6.05. The first-order valence-corrected chi connectivity index (χ1v) is 13.1. The highest BCUT2D eigenvalue weighted by atomic mass is 32.2. The maximum absolute atomic E-state index is 14.7. The first kappa shape index (κ1) is 26.7. The second kappa shape index (κ2) is 10.0. The van der Waals surface area contributed by atoms with Gasteiger partial charge in [0.15, 0.2) is 0 Å².